The van der Waals surface area contributed by atoms with Gasteiger partial charge < -0.3 is 10.6 Å². The zero-order valence-corrected chi connectivity index (χ0v) is 12.0. The van der Waals surface area contributed by atoms with Gasteiger partial charge >= 0.3 is 0 Å². The number of rotatable bonds is 7. The molecule has 0 amide bonds. The number of nitrogens with zero attached hydrogens (tertiary/aromatic N) is 1. The van der Waals surface area contributed by atoms with Crippen molar-refractivity contribution >= 4 is 0 Å². The minimum Gasteiger partial charge on any atom is -0.330 e. The SMILES string of the molecule is CCCC1CCCN(CCC(CC)CN)CC1. The van der Waals surface area contributed by atoms with Crippen molar-refractivity contribution in [1.29, 1.82) is 0 Å². The van der Waals surface area contributed by atoms with Gasteiger partial charge in [-0.15, -0.1) is 0 Å². The van der Waals surface area contributed by atoms with Crippen LogP contribution in [0.1, 0.15) is 58.8 Å². The molecule has 102 valence electrons. The number of likely N-dealkylation sites (tertiary alicyclic amines) is 1. The van der Waals surface area contributed by atoms with Crippen molar-refractivity contribution in [2.24, 2.45) is 17.6 Å². The first kappa shape index (κ1) is 15.0. The van der Waals surface area contributed by atoms with Crippen LogP contribution in [0.3, 0.4) is 0 Å². The van der Waals surface area contributed by atoms with Gasteiger partial charge in [-0.25, -0.2) is 0 Å². The van der Waals surface area contributed by atoms with Crippen LogP contribution < -0.4 is 5.73 Å². The quantitative estimate of drug-likeness (QED) is 0.740. The summed E-state index contributed by atoms with van der Waals surface area (Å²) in [5.41, 5.74) is 5.77. The Morgan fingerprint density at radius 2 is 2.06 bits per heavy atom. The maximum absolute atomic E-state index is 5.77. The van der Waals surface area contributed by atoms with E-state index in [1.165, 1.54) is 64.6 Å². The minimum atomic E-state index is 0.740. The topological polar surface area (TPSA) is 29.3 Å². The van der Waals surface area contributed by atoms with Crippen LogP contribution in [0.2, 0.25) is 0 Å². The van der Waals surface area contributed by atoms with Gasteiger partial charge in [-0.3, -0.25) is 0 Å². The molecule has 2 N–H and O–H groups in total. The lowest BCUT2D eigenvalue weighted by molar-refractivity contribution is 0.255. The second-order valence-corrected chi connectivity index (χ2v) is 5.73. The molecule has 2 nitrogen and oxygen atoms in total. The maximum Gasteiger partial charge on any atom is -0.00156 e. The van der Waals surface area contributed by atoms with Gasteiger partial charge in [0.25, 0.3) is 0 Å². The summed E-state index contributed by atoms with van der Waals surface area (Å²) < 4.78 is 0. The van der Waals surface area contributed by atoms with Crippen molar-refractivity contribution in [1.82, 2.24) is 4.90 Å². The second-order valence-electron chi connectivity index (χ2n) is 5.73. The molecule has 1 aliphatic rings. The van der Waals surface area contributed by atoms with Crippen LogP contribution in [0.25, 0.3) is 0 Å². The number of nitrogens with two attached hydrogens (primary N) is 1. The van der Waals surface area contributed by atoms with E-state index in [1.54, 1.807) is 0 Å². The molecule has 0 aromatic heterocycles. The molecule has 1 rings (SSSR count). The Bertz CT molecular complexity index is 178. The van der Waals surface area contributed by atoms with E-state index >= 15 is 0 Å². The molecular formula is C15H32N2. The molecule has 0 radical (unpaired) electrons. The predicted molar refractivity (Wildman–Crippen MR) is 76.1 cm³/mol. The largest absolute Gasteiger partial charge is 0.330 e. The van der Waals surface area contributed by atoms with Crippen molar-refractivity contribution in [3.05, 3.63) is 0 Å². The third-order valence-electron chi connectivity index (χ3n) is 4.40. The second kappa shape index (κ2) is 8.93. The summed E-state index contributed by atoms with van der Waals surface area (Å²) in [7, 11) is 0. The van der Waals surface area contributed by atoms with Gasteiger partial charge in [0, 0.05) is 0 Å². The lowest BCUT2D eigenvalue weighted by atomic mass is 9.96. The van der Waals surface area contributed by atoms with E-state index in [1.807, 2.05) is 0 Å². The molecule has 17 heavy (non-hydrogen) atoms. The number of hydrogen-bond donors (Lipinski definition) is 1. The lowest BCUT2D eigenvalue weighted by Gasteiger charge is -2.22. The van der Waals surface area contributed by atoms with Gasteiger partial charge in [0.2, 0.25) is 0 Å². The number of hydrogen-bond acceptors (Lipinski definition) is 2. The fourth-order valence-electron chi connectivity index (χ4n) is 3.00. The molecule has 0 spiro atoms. The van der Waals surface area contributed by atoms with Crippen molar-refractivity contribution < 1.29 is 0 Å². The maximum atomic E-state index is 5.77. The summed E-state index contributed by atoms with van der Waals surface area (Å²) in [4.78, 5) is 2.67. The van der Waals surface area contributed by atoms with Crippen LogP contribution in [0.4, 0.5) is 0 Å². The molecule has 0 aromatic rings. The molecule has 1 fully saturated rings. The molecule has 1 heterocycles. The molecule has 0 bridgehead atoms. The first-order valence-corrected chi connectivity index (χ1v) is 7.72. The van der Waals surface area contributed by atoms with E-state index in [2.05, 4.69) is 18.7 Å². The van der Waals surface area contributed by atoms with Crippen LogP contribution in [-0.4, -0.2) is 31.1 Å². The summed E-state index contributed by atoms with van der Waals surface area (Å²) in [5.74, 6) is 1.74. The van der Waals surface area contributed by atoms with Gasteiger partial charge in [-0.05, 0) is 63.7 Å². The van der Waals surface area contributed by atoms with E-state index in [0.717, 1.165) is 18.4 Å². The standard InChI is InChI=1S/C15H32N2/c1-3-6-15-7-5-10-17(12-9-15)11-8-14(4-2)13-16/h14-15H,3-13,16H2,1-2H3. The van der Waals surface area contributed by atoms with E-state index < -0.39 is 0 Å². The summed E-state index contributed by atoms with van der Waals surface area (Å²) in [5, 5.41) is 0. The highest BCUT2D eigenvalue weighted by Crippen LogP contribution is 2.22. The first-order chi connectivity index (χ1) is 8.30. The Morgan fingerprint density at radius 1 is 1.24 bits per heavy atom. The summed E-state index contributed by atoms with van der Waals surface area (Å²) in [6.45, 7) is 9.36. The Hall–Kier alpha value is -0.0800. The monoisotopic (exact) mass is 240 g/mol. The molecule has 0 aliphatic carbocycles. The zero-order valence-electron chi connectivity index (χ0n) is 12.0. The van der Waals surface area contributed by atoms with Crippen LogP contribution in [0.5, 0.6) is 0 Å². The van der Waals surface area contributed by atoms with Crippen LogP contribution >= 0.6 is 0 Å². The van der Waals surface area contributed by atoms with Crippen molar-refractivity contribution in [3.8, 4) is 0 Å². The van der Waals surface area contributed by atoms with Crippen molar-refractivity contribution in [2.75, 3.05) is 26.2 Å². The van der Waals surface area contributed by atoms with Gasteiger partial charge in [0.1, 0.15) is 0 Å². The van der Waals surface area contributed by atoms with E-state index in [4.69, 9.17) is 5.73 Å². The molecule has 0 saturated carbocycles. The highest BCUT2D eigenvalue weighted by Gasteiger charge is 2.16. The fraction of sp³-hybridized carbons (Fsp3) is 1.00. The van der Waals surface area contributed by atoms with E-state index in [9.17, 15) is 0 Å². The third-order valence-corrected chi connectivity index (χ3v) is 4.40. The summed E-state index contributed by atoms with van der Waals surface area (Å²) >= 11 is 0. The molecule has 2 atom stereocenters. The Labute approximate surface area is 108 Å². The molecule has 2 unspecified atom stereocenters. The van der Waals surface area contributed by atoms with Crippen molar-refractivity contribution in [2.45, 2.75) is 58.8 Å². The lowest BCUT2D eigenvalue weighted by Crippen LogP contribution is -2.28. The molecular weight excluding hydrogens is 208 g/mol. The van der Waals surface area contributed by atoms with Crippen molar-refractivity contribution in [3.63, 3.8) is 0 Å². The average Bonchev–Trinajstić information content (AvgIpc) is 2.57. The predicted octanol–water partition coefficient (Wildman–Crippen LogP) is 3.26. The Morgan fingerprint density at radius 3 is 2.71 bits per heavy atom. The zero-order chi connectivity index (χ0) is 12.5. The molecule has 1 saturated heterocycles. The molecule has 2 heteroatoms. The van der Waals surface area contributed by atoms with E-state index in [-0.39, 0.29) is 0 Å². The average molecular weight is 240 g/mol. The normalized spacial score (nSPS) is 24.5. The fourth-order valence-corrected chi connectivity index (χ4v) is 3.00. The first-order valence-electron chi connectivity index (χ1n) is 7.72. The summed E-state index contributed by atoms with van der Waals surface area (Å²) in [6, 6.07) is 0. The molecule has 0 aromatic carbocycles. The van der Waals surface area contributed by atoms with Gasteiger partial charge in [0.05, 0.1) is 0 Å². The highest BCUT2D eigenvalue weighted by atomic mass is 15.1. The Balaban J connectivity index is 2.21. The van der Waals surface area contributed by atoms with Gasteiger partial charge in [-0.2, -0.15) is 0 Å². The van der Waals surface area contributed by atoms with Crippen LogP contribution in [0, 0.1) is 11.8 Å². The van der Waals surface area contributed by atoms with Gasteiger partial charge in [0.15, 0.2) is 0 Å². The minimum absolute atomic E-state index is 0.740. The smallest absolute Gasteiger partial charge is 0.00156 e. The highest BCUT2D eigenvalue weighted by molar-refractivity contribution is 4.71. The summed E-state index contributed by atoms with van der Waals surface area (Å²) in [6.07, 6.45) is 9.62. The van der Waals surface area contributed by atoms with E-state index in [0.29, 0.717) is 0 Å². The third kappa shape index (κ3) is 5.87. The molecule has 1 aliphatic heterocycles. The van der Waals surface area contributed by atoms with Crippen LogP contribution in [-0.2, 0) is 0 Å². The van der Waals surface area contributed by atoms with Crippen LogP contribution in [0.15, 0.2) is 0 Å². The Kier molecular flexibility index (Phi) is 7.87. The van der Waals surface area contributed by atoms with Gasteiger partial charge in [-0.1, -0.05) is 33.1 Å².